The van der Waals surface area contributed by atoms with Crippen molar-refractivity contribution in [2.24, 2.45) is 0 Å². The lowest BCUT2D eigenvalue weighted by atomic mass is 10.4. The molecule has 0 aliphatic carbocycles. The Morgan fingerprint density at radius 3 is 1.61 bits per heavy atom. The lowest BCUT2D eigenvalue weighted by Crippen LogP contribution is -2.11. The van der Waals surface area contributed by atoms with Crippen molar-refractivity contribution in [3.63, 3.8) is 0 Å². The number of aldehydes is 1. The molecule has 0 aromatic rings. The van der Waals surface area contributed by atoms with Gasteiger partial charge in [0.15, 0.2) is 6.29 Å². The van der Waals surface area contributed by atoms with Crippen LogP contribution in [0.15, 0.2) is 0 Å². The standard InChI is InChI=1S/C15H28NOP/c1-4-7-10-18(11-8-5-2,12-9-6-3)15(13-16)14-17/h14H,4-12H2,1-3H3. The van der Waals surface area contributed by atoms with Crippen LogP contribution in [-0.4, -0.2) is 30.1 Å². The number of nitriles is 1. The fraction of sp³-hybridized carbons (Fsp3) is 0.800. The predicted octanol–water partition coefficient (Wildman–Crippen LogP) is 4.30. The second-order valence-electron chi connectivity index (χ2n) is 4.99. The molecule has 0 saturated carbocycles. The summed E-state index contributed by atoms with van der Waals surface area (Å²) in [7, 11) is 0. The quantitative estimate of drug-likeness (QED) is 0.438. The normalized spacial score (nSPS) is 11.0. The number of unbranched alkanes of at least 4 members (excludes halogenated alkanes) is 3. The van der Waals surface area contributed by atoms with E-state index < -0.39 is 6.89 Å². The highest BCUT2D eigenvalue weighted by molar-refractivity contribution is 7.78. The second-order valence-corrected chi connectivity index (χ2v) is 9.11. The first-order valence-electron chi connectivity index (χ1n) is 7.29. The minimum atomic E-state index is -1.47. The maximum atomic E-state index is 11.2. The summed E-state index contributed by atoms with van der Waals surface area (Å²) in [6, 6.07) is 2.22. The van der Waals surface area contributed by atoms with Gasteiger partial charge in [-0.05, 0) is 37.7 Å². The monoisotopic (exact) mass is 269 g/mol. The zero-order valence-corrected chi connectivity index (χ0v) is 13.1. The van der Waals surface area contributed by atoms with Crippen molar-refractivity contribution < 1.29 is 4.79 Å². The van der Waals surface area contributed by atoms with Gasteiger partial charge >= 0.3 is 0 Å². The Morgan fingerprint density at radius 2 is 1.39 bits per heavy atom. The lowest BCUT2D eigenvalue weighted by Gasteiger charge is -2.27. The van der Waals surface area contributed by atoms with E-state index in [0.717, 1.165) is 63.3 Å². The molecule has 2 nitrogen and oxygen atoms in total. The molecule has 18 heavy (non-hydrogen) atoms. The SMILES string of the molecule is CCCCP(CCCC)(CCCC)=C(C#N)C=O. The van der Waals surface area contributed by atoms with Gasteiger partial charge in [0.2, 0.25) is 0 Å². The van der Waals surface area contributed by atoms with Crippen LogP contribution in [-0.2, 0) is 4.79 Å². The van der Waals surface area contributed by atoms with Crippen LogP contribution in [0.25, 0.3) is 0 Å². The Bertz CT molecular complexity index is 299. The van der Waals surface area contributed by atoms with Gasteiger partial charge in [0, 0.05) is 0 Å². The smallest absolute Gasteiger partial charge is 0.160 e. The van der Waals surface area contributed by atoms with Crippen LogP contribution in [0, 0.1) is 11.3 Å². The summed E-state index contributed by atoms with van der Waals surface area (Å²) in [5.41, 5.74) is 0. The highest BCUT2D eigenvalue weighted by Crippen LogP contribution is 2.51. The fourth-order valence-electron chi connectivity index (χ4n) is 2.32. The van der Waals surface area contributed by atoms with E-state index in [4.69, 9.17) is 0 Å². The summed E-state index contributed by atoms with van der Waals surface area (Å²) in [5, 5.41) is 9.86. The molecule has 104 valence electrons. The van der Waals surface area contributed by atoms with Gasteiger partial charge in [-0.25, -0.2) is 0 Å². The molecule has 0 saturated heterocycles. The van der Waals surface area contributed by atoms with Crippen molar-refractivity contribution in [3.8, 4) is 6.07 Å². The molecule has 0 radical (unpaired) electrons. The van der Waals surface area contributed by atoms with Gasteiger partial charge in [-0.3, -0.25) is 4.79 Å². The van der Waals surface area contributed by atoms with Crippen molar-refractivity contribution in [2.45, 2.75) is 59.3 Å². The van der Waals surface area contributed by atoms with Gasteiger partial charge in [-0.2, -0.15) is 5.26 Å². The number of carbonyl (C=O) groups is 1. The third-order valence-electron chi connectivity index (χ3n) is 3.56. The molecule has 0 atom stereocenters. The van der Waals surface area contributed by atoms with Crippen molar-refractivity contribution in [2.75, 3.05) is 18.5 Å². The summed E-state index contributed by atoms with van der Waals surface area (Å²) >= 11 is 0. The molecule has 0 amide bonds. The van der Waals surface area contributed by atoms with E-state index in [-0.39, 0.29) is 0 Å². The van der Waals surface area contributed by atoms with Crippen molar-refractivity contribution in [1.82, 2.24) is 0 Å². The number of hydrogen-bond acceptors (Lipinski definition) is 2. The third-order valence-corrected chi connectivity index (χ3v) is 8.30. The van der Waals surface area contributed by atoms with E-state index >= 15 is 0 Å². The number of nitrogens with zero attached hydrogens (tertiary/aromatic N) is 1. The van der Waals surface area contributed by atoms with Gasteiger partial charge in [0.05, 0.1) is 5.29 Å². The summed E-state index contributed by atoms with van der Waals surface area (Å²) in [4.78, 5) is 11.2. The van der Waals surface area contributed by atoms with Gasteiger partial charge in [0.1, 0.15) is 6.07 Å². The molecule has 3 heteroatoms. The summed E-state index contributed by atoms with van der Waals surface area (Å²) in [6.45, 7) is 5.08. The molecule has 0 N–H and O–H groups in total. The average Bonchev–Trinajstić information content (AvgIpc) is 2.41. The zero-order chi connectivity index (χ0) is 13.9. The van der Waals surface area contributed by atoms with Gasteiger partial charge < -0.3 is 0 Å². The van der Waals surface area contributed by atoms with Crippen LogP contribution in [0.5, 0.6) is 0 Å². The lowest BCUT2D eigenvalue weighted by molar-refractivity contribution is -0.102. The van der Waals surface area contributed by atoms with Gasteiger partial charge in [0.25, 0.3) is 0 Å². The largest absolute Gasteiger partial charge is 0.297 e. The van der Waals surface area contributed by atoms with Crippen LogP contribution in [0.1, 0.15) is 59.3 Å². The summed E-state index contributed by atoms with van der Waals surface area (Å²) in [6.07, 6.45) is 11.1. The van der Waals surface area contributed by atoms with E-state index in [9.17, 15) is 10.1 Å². The molecule has 0 heterocycles. The predicted molar refractivity (Wildman–Crippen MR) is 82.9 cm³/mol. The van der Waals surface area contributed by atoms with Crippen molar-refractivity contribution in [3.05, 3.63) is 0 Å². The first kappa shape index (κ1) is 17.5. The maximum absolute atomic E-state index is 11.2. The fourth-order valence-corrected chi connectivity index (χ4v) is 6.92. The molecular weight excluding hydrogens is 241 g/mol. The van der Waals surface area contributed by atoms with Crippen LogP contribution in [0.2, 0.25) is 0 Å². The molecule has 0 aromatic carbocycles. The van der Waals surface area contributed by atoms with Gasteiger partial charge in [-0.1, -0.05) is 46.9 Å². The molecule has 0 spiro atoms. The second kappa shape index (κ2) is 10.4. The first-order valence-corrected chi connectivity index (χ1v) is 9.64. The Balaban J connectivity index is 5.30. The summed E-state index contributed by atoms with van der Waals surface area (Å²) < 4.78 is 0. The van der Waals surface area contributed by atoms with Gasteiger partial charge in [-0.15, -0.1) is 0 Å². The van der Waals surface area contributed by atoms with Crippen LogP contribution >= 0.6 is 6.89 Å². The minimum absolute atomic E-state index is 0.595. The topological polar surface area (TPSA) is 40.9 Å². The summed E-state index contributed by atoms with van der Waals surface area (Å²) in [5.74, 6) is 0. The van der Waals surface area contributed by atoms with Crippen LogP contribution in [0.4, 0.5) is 0 Å². The van der Waals surface area contributed by atoms with Crippen molar-refractivity contribution in [1.29, 1.82) is 5.26 Å². The van der Waals surface area contributed by atoms with E-state index in [1.165, 1.54) is 0 Å². The molecule has 0 aromatic heterocycles. The molecule has 0 bridgehead atoms. The molecule has 0 fully saturated rings. The van der Waals surface area contributed by atoms with E-state index in [1.807, 2.05) is 0 Å². The zero-order valence-electron chi connectivity index (χ0n) is 12.2. The number of carbonyl (C=O) groups excluding carboxylic acids is 1. The number of hydrogen-bond donors (Lipinski definition) is 0. The average molecular weight is 269 g/mol. The third kappa shape index (κ3) is 5.40. The molecule has 0 aliphatic heterocycles. The Hall–Kier alpha value is -0.540. The Labute approximate surface area is 113 Å². The van der Waals surface area contributed by atoms with E-state index in [0.29, 0.717) is 5.29 Å². The van der Waals surface area contributed by atoms with E-state index in [1.54, 1.807) is 0 Å². The first-order chi connectivity index (χ1) is 8.70. The molecule has 0 unspecified atom stereocenters. The Morgan fingerprint density at radius 1 is 1.00 bits per heavy atom. The van der Waals surface area contributed by atoms with E-state index in [2.05, 4.69) is 26.8 Å². The number of rotatable bonds is 10. The van der Waals surface area contributed by atoms with Crippen LogP contribution < -0.4 is 0 Å². The Kier molecular flexibility index (Phi) is 10.1. The molecule has 0 rings (SSSR count). The molecular formula is C15H28NOP. The maximum Gasteiger partial charge on any atom is 0.160 e. The van der Waals surface area contributed by atoms with Crippen LogP contribution in [0.3, 0.4) is 0 Å². The highest BCUT2D eigenvalue weighted by atomic mass is 31.2. The van der Waals surface area contributed by atoms with Crippen molar-refractivity contribution >= 4 is 18.5 Å². The minimum Gasteiger partial charge on any atom is -0.297 e. The highest BCUT2D eigenvalue weighted by Gasteiger charge is 2.21. The molecule has 0 aliphatic rings.